The number of pyridine rings is 1. The molecule has 0 aliphatic carbocycles. The molecule has 2 aromatic heterocycles. The molecule has 0 aliphatic rings. The van der Waals surface area contributed by atoms with Gasteiger partial charge in [0.05, 0.1) is 10.4 Å². The van der Waals surface area contributed by atoms with Gasteiger partial charge < -0.3 is 4.90 Å². The minimum Gasteiger partial charge on any atom is -0.304 e. The molecule has 0 aliphatic heterocycles. The summed E-state index contributed by atoms with van der Waals surface area (Å²) in [5.74, 6) is -0.0284. The molecule has 0 fully saturated rings. The molecular weight excluding hydrogens is 340 g/mol. The van der Waals surface area contributed by atoms with Crippen LogP contribution in [0.4, 0.5) is 5.69 Å². The van der Waals surface area contributed by atoms with Crippen molar-refractivity contribution in [3.8, 4) is 0 Å². The molecule has 0 unspecified atom stereocenters. The Labute approximate surface area is 156 Å². The summed E-state index contributed by atoms with van der Waals surface area (Å²) in [6, 6.07) is 19.9. The smallest absolute Gasteiger partial charge is 0.268 e. The average molecular weight is 358 g/mol. The van der Waals surface area contributed by atoms with Gasteiger partial charge in [-0.25, -0.2) is 4.98 Å². The normalized spacial score (nSPS) is 11.0. The molecule has 2 aromatic carbocycles. The largest absolute Gasteiger partial charge is 0.304 e. The maximum absolute atomic E-state index is 13.1. The van der Waals surface area contributed by atoms with E-state index in [4.69, 9.17) is 4.98 Å². The monoisotopic (exact) mass is 358 g/mol. The summed E-state index contributed by atoms with van der Waals surface area (Å²) in [5, 5.41) is 2.10. The van der Waals surface area contributed by atoms with Crippen molar-refractivity contribution < 1.29 is 4.79 Å². The van der Waals surface area contributed by atoms with Crippen LogP contribution in [0.25, 0.3) is 21.1 Å². The zero-order valence-corrected chi connectivity index (χ0v) is 15.3. The van der Waals surface area contributed by atoms with Gasteiger partial charge in [-0.2, -0.15) is 0 Å². The first-order valence-electron chi connectivity index (χ1n) is 8.44. The molecule has 2 heterocycles. The van der Waals surface area contributed by atoms with E-state index >= 15 is 0 Å². The molecule has 26 heavy (non-hydrogen) atoms. The fraction of sp³-hybridized carbons (Fsp3) is 0.0909. The Hall–Kier alpha value is -2.98. The van der Waals surface area contributed by atoms with Crippen LogP contribution < -0.4 is 4.90 Å². The molecule has 0 saturated heterocycles. The first kappa shape index (κ1) is 16.5. The molecule has 3 nitrogen and oxygen atoms in total. The number of nitrogens with zero attached hydrogens (tertiary/aromatic N) is 2. The lowest BCUT2D eigenvalue weighted by Crippen LogP contribution is -2.30. The molecule has 128 valence electrons. The number of thiophene rings is 1. The van der Waals surface area contributed by atoms with Crippen molar-refractivity contribution in [2.45, 2.75) is 6.92 Å². The number of benzene rings is 2. The summed E-state index contributed by atoms with van der Waals surface area (Å²) in [6.45, 7) is 6.32. The maximum atomic E-state index is 13.1. The number of carbonyl (C=O) groups excluding carboxylic acids is 1. The van der Waals surface area contributed by atoms with E-state index in [1.807, 2.05) is 42.5 Å². The molecule has 0 radical (unpaired) electrons. The third kappa shape index (κ3) is 3.00. The van der Waals surface area contributed by atoms with E-state index < -0.39 is 0 Å². The molecule has 0 atom stereocenters. The minimum absolute atomic E-state index is 0.0284. The summed E-state index contributed by atoms with van der Waals surface area (Å²) in [4.78, 5) is 21.1. The van der Waals surface area contributed by atoms with Crippen LogP contribution in [-0.4, -0.2) is 17.4 Å². The van der Waals surface area contributed by atoms with Crippen LogP contribution in [0.3, 0.4) is 0 Å². The van der Waals surface area contributed by atoms with Crippen LogP contribution in [0.1, 0.15) is 15.2 Å². The molecule has 4 aromatic rings. The second-order valence-corrected chi connectivity index (χ2v) is 7.26. The Kier molecular flexibility index (Phi) is 4.27. The van der Waals surface area contributed by atoms with Crippen molar-refractivity contribution in [1.82, 2.24) is 4.98 Å². The molecule has 0 bridgehead atoms. The summed E-state index contributed by atoms with van der Waals surface area (Å²) in [5.41, 5.74) is 3.02. The van der Waals surface area contributed by atoms with E-state index in [2.05, 4.69) is 31.7 Å². The van der Waals surface area contributed by atoms with Crippen LogP contribution in [-0.2, 0) is 0 Å². The van der Waals surface area contributed by atoms with Crippen molar-refractivity contribution in [2.75, 3.05) is 11.4 Å². The van der Waals surface area contributed by atoms with Gasteiger partial charge in [0, 0.05) is 23.0 Å². The fourth-order valence-corrected chi connectivity index (χ4v) is 4.01. The van der Waals surface area contributed by atoms with Gasteiger partial charge in [0.15, 0.2) is 0 Å². The number of rotatable bonds is 4. The van der Waals surface area contributed by atoms with E-state index in [1.54, 1.807) is 11.0 Å². The van der Waals surface area contributed by atoms with Crippen molar-refractivity contribution in [3.63, 3.8) is 0 Å². The van der Waals surface area contributed by atoms with Gasteiger partial charge in [0.1, 0.15) is 4.83 Å². The van der Waals surface area contributed by atoms with Crippen molar-refractivity contribution in [3.05, 3.63) is 83.8 Å². The first-order chi connectivity index (χ1) is 12.7. The molecule has 0 N–H and O–H groups in total. The number of fused-ring (bicyclic) bond motifs is 2. The van der Waals surface area contributed by atoms with Crippen LogP contribution in [0, 0.1) is 6.92 Å². The van der Waals surface area contributed by atoms with E-state index in [1.165, 1.54) is 16.9 Å². The van der Waals surface area contributed by atoms with E-state index in [0.717, 1.165) is 26.8 Å². The average Bonchev–Trinajstić information content (AvgIpc) is 3.07. The number of aromatic nitrogens is 1. The first-order valence-corrected chi connectivity index (χ1v) is 9.26. The Morgan fingerprint density at radius 3 is 2.69 bits per heavy atom. The minimum atomic E-state index is -0.0284. The molecule has 4 rings (SSSR count). The van der Waals surface area contributed by atoms with Crippen LogP contribution in [0.5, 0.6) is 0 Å². The van der Waals surface area contributed by atoms with Crippen LogP contribution in [0.15, 0.2) is 73.3 Å². The Morgan fingerprint density at radius 1 is 1.12 bits per heavy atom. The van der Waals surface area contributed by atoms with Gasteiger partial charge in [0.25, 0.3) is 5.91 Å². The van der Waals surface area contributed by atoms with Crippen molar-refractivity contribution in [2.24, 2.45) is 0 Å². The summed E-state index contributed by atoms with van der Waals surface area (Å²) >= 11 is 1.44. The Bertz CT molecular complexity index is 1120. The highest BCUT2D eigenvalue weighted by Crippen LogP contribution is 2.29. The molecule has 0 spiro atoms. The van der Waals surface area contributed by atoms with Gasteiger partial charge in [0.2, 0.25) is 0 Å². The lowest BCUT2D eigenvalue weighted by atomic mass is 10.1. The second-order valence-electron chi connectivity index (χ2n) is 6.23. The van der Waals surface area contributed by atoms with Gasteiger partial charge in [-0.05, 0) is 43.3 Å². The number of anilines is 1. The van der Waals surface area contributed by atoms with Crippen molar-refractivity contribution in [1.29, 1.82) is 0 Å². The highest BCUT2D eigenvalue weighted by Gasteiger charge is 2.19. The lowest BCUT2D eigenvalue weighted by Gasteiger charge is -2.20. The molecule has 4 heteroatoms. The highest BCUT2D eigenvalue weighted by atomic mass is 32.1. The summed E-state index contributed by atoms with van der Waals surface area (Å²) in [6.07, 6.45) is 1.74. The van der Waals surface area contributed by atoms with E-state index in [0.29, 0.717) is 11.4 Å². The third-order valence-corrected chi connectivity index (χ3v) is 5.32. The van der Waals surface area contributed by atoms with Crippen LogP contribution >= 0.6 is 11.3 Å². The number of amides is 1. The number of aryl methyl sites for hydroxylation is 1. The van der Waals surface area contributed by atoms with Gasteiger partial charge in [-0.15, -0.1) is 17.9 Å². The summed E-state index contributed by atoms with van der Waals surface area (Å²) < 4.78 is 0. The van der Waals surface area contributed by atoms with E-state index in [-0.39, 0.29) is 5.91 Å². The Morgan fingerprint density at radius 2 is 1.92 bits per heavy atom. The molecule has 1 amide bonds. The Balaban J connectivity index is 1.78. The predicted molar refractivity (Wildman–Crippen MR) is 110 cm³/mol. The fourth-order valence-electron chi connectivity index (χ4n) is 3.04. The van der Waals surface area contributed by atoms with Crippen LogP contribution in [0.2, 0.25) is 0 Å². The summed E-state index contributed by atoms with van der Waals surface area (Å²) in [7, 11) is 0. The number of hydrogen-bond donors (Lipinski definition) is 0. The third-order valence-electron chi connectivity index (χ3n) is 4.29. The molecular formula is C22H18N2OS. The molecule has 0 saturated carbocycles. The van der Waals surface area contributed by atoms with Crippen molar-refractivity contribution >= 4 is 44.1 Å². The highest BCUT2D eigenvalue weighted by molar-refractivity contribution is 7.20. The lowest BCUT2D eigenvalue weighted by molar-refractivity contribution is 0.0993. The zero-order valence-electron chi connectivity index (χ0n) is 14.5. The van der Waals surface area contributed by atoms with E-state index in [9.17, 15) is 4.79 Å². The predicted octanol–water partition coefficient (Wildman–Crippen LogP) is 5.59. The topological polar surface area (TPSA) is 33.2 Å². The number of carbonyl (C=O) groups is 1. The number of hydrogen-bond acceptors (Lipinski definition) is 3. The number of para-hydroxylation sites is 1. The zero-order chi connectivity index (χ0) is 18.1. The van der Waals surface area contributed by atoms with Gasteiger partial charge in [-0.1, -0.05) is 35.9 Å². The standard InChI is InChI=1S/C22H18N2OS/c1-3-11-24(18-7-5-4-6-8-18)22(25)20-14-17-13-16-12-15(2)9-10-19(16)23-21(17)26-20/h3-10,12-14H,1,11H2,2H3. The maximum Gasteiger partial charge on any atom is 0.268 e. The quantitative estimate of drug-likeness (QED) is 0.446. The SMILES string of the molecule is C=CCN(C(=O)c1cc2cc3cc(C)ccc3nc2s1)c1ccccc1. The second kappa shape index (κ2) is 6.73. The van der Waals surface area contributed by atoms with Gasteiger partial charge >= 0.3 is 0 Å². The van der Waals surface area contributed by atoms with Gasteiger partial charge in [-0.3, -0.25) is 4.79 Å².